The summed E-state index contributed by atoms with van der Waals surface area (Å²) in [6.07, 6.45) is 1.26. The molecular formula is C22H17NO5S. The maximum absolute atomic E-state index is 13.1. The molecule has 0 bridgehead atoms. The molecule has 6 nitrogen and oxygen atoms in total. The topological polar surface area (TPSA) is 94.3 Å². The number of carbonyl (C=O) groups excluding carboxylic acids is 1. The number of Topliss-reactive ketones (excluding diaryl/α,β-unsaturated/α-hetero) is 1. The predicted molar refractivity (Wildman–Crippen MR) is 111 cm³/mol. The van der Waals surface area contributed by atoms with E-state index in [4.69, 9.17) is 0 Å². The summed E-state index contributed by atoms with van der Waals surface area (Å²) in [5.74, 6) is -0.953. The third-order valence-corrected chi connectivity index (χ3v) is 5.88. The minimum Gasteiger partial charge on any atom is -0.288 e. The molecule has 3 aromatic carbocycles. The van der Waals surface area contributed by atoms with Crippen molar-refractivity contribution in [2.75, 3.05) is 0 Å². The monoisotopic (exact) mass is 407 g/mol. The van der Waals surface area contributed by atoms with Crippen LogP contribution in [0.1, 0.15) is 21.5 Å². The second-order valence-corrected chi connectivity index (χ2v) is 8.26. The molecule has 0 radical (unpaired) electrons. The van der Waals surface area contributed by atoms with Crippen LogP contribution in [-0.2, 0) is 15.6 Å². The van der Waals surface area contributed by atoms with E-state index < -0.39 is 20.5 Å². The Labute approximate surface area is 168 Å². The Bertz CT molecular complexity index is 1150. The Kier molecular flexibility index (Phi) is 5.99. The predicted octanol–water partition coefficient (Wildman–Crippen LogP) is 4.43. The fraction of sp³-hybridized carbons (Fsp3) is 0.0455. The molecule has 0 saturated carbocycles. The molecule has 0 amide bonds. The normalized spacial score (nSPS) is 11.8. The third-order valence-electron chi connectivity index (χ3n) is 4.20. The molecule has 29 heavy (non-hydrogen) atoms. The fourth-order valence-electron chi connectivity index (χ4n) is 2.74. The number of nitro groups is 1. The molecule has 0 spiro atoms. The van der Waals surface area contributed by atoms with Crippen molar-refractivity contribution in [1.29, 1.82) is 0 Å². The Balaban J connectivity index is 2.06. The van der Waals surface area contributed by atoms with Crippen LogP contribution in [-0.4, -0.2) is 19.1 Å². The number of hydrogen-bond donors (Lipinski definition) is 0. The molecule has 0 atom stereocenters. The summed E-state index contributed by atoms with van der Waals surface area (Å²) in [6, 6.07) is 22.1. The minimum atomic E-state index is -3.97. The summed E-state index contributed by atoms with van der Waals surface area (Å²) in [5.41, 5.74) is 1.07. The zero-order chi connectivity index (χ0) is 20.9. The van der Waals surface area contributed by atoms with Gasteiger partial charge in [0.25, 0.3) is 5.69 Å². The molecule has 0 saturated heterocycles. The van der Waals surface area contributed by atoms with Crippen LogP contribution in [0.15, 0.2) is 89.8 Å². The van der Waals surface area contributed by atoms with Crippen LogP contribution < -0.4 is 0 Å². The molecule has 146 valence electrons. The second-order valence-electron chi connectivity index (χ2n) is 6.30. The number of nitro benzene ring substituents is 1. The van der Waals surface area contributed by atoms with Crippen LogP contribution >= 0.6 is 0 Å². The summed E-state index contributed by atoms with van der Waals surface area (Å²) < 4.78 is 26.2. The molecule has 0 N–H and O–H groups in total. The van der Waals surface area contributed by atoms with E-state index >= 15 is 0 Å². The van der Waals surface area contributed by atoms with E-state index in [0.29, 0.717) is 11.1 Å². The zero-order valence-electron chi connectivity index (χ0n) is 15.3. The van der Waals surface area contributed by atoms with Gasteiger partial charge in [-0.3, -0.25) is 14.9 Å². The molecule has 0 unspecified atom stereocenters. The SMILES string of the molecule is O=C(/C(=C\c1ccc([N+](=O)[O-])cc1)S(=O)(=O)Cc1ccccc1)c1ccccc1. The lowest BCUT2D eigenvalue weighted by atomic mass is 10.1. The first kappa shape index (κ1) is 20.2. The number of hydrogen-bond acceptors (Lipinski definition) is 5. The lowest BCUT2D eigenvalue weighted by molar-refractivity contribution is -0.384. The number of sulfone groups is 1. The van der Waals surface area contributed by atoms with E-state index in [1.165, 1.54) is 30.3 Å². The van der Waals surface area contributed by atoms with E-state index in [1.807, 2.05) is 0 Å². The van der Waals surface area contributed by atoms with Gasteiger partial charge in [0.2, 0.25) is 5.78 Å². The van der Waals surface area contributed by atoms with E-state index in [9.17, 15) is 23.3 Å². The number of nitrogens with zero attached hydrogens (tertiary/aromatic N) is 1. The average molecular weight is 407 g/mol. The van der Waals surface area contributed by atoms with Gasteiger partial charge in [-0.15, -0.1) is 0 Å². The highest BCUT2D eigenvalue weighted by Crippen LogP contribution is 2.23. The van der Waals surface area contributed by atoms with Crippen molar-refractivity contribution >= 4 is 27.4 Å². The van der Waals surface area contributed by atoms with Crippen molar-refractivity contribution in [1.82, 2.24) is 0 Å². The first-order valence-electron chi connectivity index (χ1n) is 8.69. The van der Waals surface area contributed by atoms with Crippen molar-refractivity contribution < 1.29 is 18.1 Å². The Morgan fingerprint density at radius 2 is 1.41 bits per heavy atom. The van der Waals surface area contributed by atoms with Crippen LogP contribution in [0.3, 0.4) is 0 Å². The van der Waals surface area contributed by atoms with Crippen molar-refractivity contribution in [3.05, 3.63) is 117 Å². The molecule has 0 heterocycles. The first-order chi connectivity index (χ1) is 13.9. The Hall–Kier alpha value is -3.58. The summed E-state index contributed by atoms with van der Waals surface area (Å²) in [7, 11) is -3.97. The highest BCUT2D eigenvalue weighted by atomic mass is 32.2. The quantitative estimate of drug-likeness (QED) is 0.250. The first-order valence-corrected chi connectivity index (χ1v) is 10.3. The van der Waals surface area contributed by atoms with Crippen molar-refractivity contribution in [2.45, 2.75) is 5.75 Å². The van der Waals surface area contributed by atoms with Crippen LogP contribution in [0, 0.1) is 10.1 Å². The Morgan fingerprint density at radius 1 is 0.862 bits per heavy atom. The molecule has 3 aromatic rings. The number of carbonyl (C=O) groups is 1. The van der Waals surface area contributed by atoms with Crippen LogP contribution in [0.5, 0.6) is 0 Å². The summed E-state index contributed by atoms with van der Waals surface area (Å²) in [6.45, 7) is 0. The van der Waals surface area contributed by atoms with E-state index in [2.05, 4.69) is 0 Å². The summed E-state index contributed by atoms with van der Waals surface area (Å²) in [5, 5.41) is 10.8. The highest BCUT2D eigenvalue weighted by molar-refractivity contribution is 7.95. The van der Waals surface area contributed by atoms with Gasteiger partial charge in [0.1, 0.15) is 4.91 Å². The van der Waals surface area contributed by atoms with Gasteiger partial charge in [-0.2, -0.15) is 0 Å². The molecule has 3 rings (SSSR count). The molecule has 0 fully saturated rings. The summed E-state index contributed by atoms with van der Waals surface area (Å²) >= 11 is 0. The maximum atomic E-state index is 13.1. The van der Waals surface area contributed by atoms with Gasteiger partial charge in [-0.1, -0.05) is 60.7 Å². The van der Waals surface area contributed by atoms with Gasteiger partial charge < -0.3 is 0 Å². The van der Waals surface area contributed by atoms with Gasteiger partial charge in [0.15, 0.2) is 9.84 Å². The van der Waals surface area contributed by atoms with Crippen LogP contribution in [0.25, 0.3) is 6.08 Å². The standard InChI is InChI=1S/C22H17NO5S/c24-22(19-9-5-2-6-10-19)21(15-17-11-13-20(14-12-17)23(25)26)29(27,28)16-18-7-3-1-4-8-18/h1-15H,16H2/b21-15+. The second kappa shape index (κ2) is 8.62. The molecule has 7 heteroatoms. The number of allylic oxidation sites excluding steroid dienone is 1. The van der Waals surface area contributed by atoms with E-state index in [0.717, 1.165) is 0 Å². The number of benzene rings is 3. The minimum absolute atomic E-state index is 0.120. The number of rotatable bonds is 7. The van der Waals surface area contributed by atoms with Crippen molar-refractivity contribution in [3.8, 4) is 0 Å². The lowest BCUT2D eigenvalue weighted by Crippen LogP contribution is -2.16. The highest BCUT2D eigenvalue weighted by Gasteiger charge is 2.26. The van der Waals surface area contributed by atoms with Gasteiger partial charge in [0, 0.05) is 17.7 Å². The fourth-order valence-corrected chi connectivity index (χ4v) is 4.25. The van der Waals surface area contributed by atoms with Gasteiger partial charge in [-0.05, 0) is 29.3 Å². The van der Waals surface area contributed by atoms with Crippen molar-refractivity contribution in [3.63, 3.8) is 0 Å². The van der Waals surface area contributed by atoms with Gasteiger partial charge >= 0.3 is 0 Å². The van der Waals surface area contributed by atoms with Crippen LogP contribution in [0.4, 0.5) is 5.69 Å². The summed E-state index contributed by atoms with van der Waals surface area (Å²) in [4.78, 5) is 22.9. The van der Waals surface area contributed by atoms with Crippen molar-refractivity contribution in [2.24, 2.45) is 0 Å². The van der Waals surface area contributed by atoms with E-state index in [-0.39, 0.29) is 21.9 Å². The maximum Gasteiger partial charge on any atom is 0.269 e. The van der Waals surface area contributed by atoms with E-state index in [1.54, 1.807) is 60.7 Å². The Morgan fingerprint density at radius 3 is 1.97 bits per heavy atom. The zero-order valence-corrected chi connectivity index (χ0v) is 16.1. The average Bonchev–Trinajstić information content (AvgIpc) is 2.73. The molecule has 0 aliphatic heterocycles. The van der Waals surface area contributed by atoms with Gasteiger partial charge in [0.05, 0.1) is 10.7 Å². The third kappa shape index (κ3) is 5.03. The largest absolute Gasteiger partial charge is 0.288 e. The lowest BCUT2D eigenvalue weighted by Gasteiger charge is -2.09. The number of ketones is 1. The van der Waals surface area contributed by atoms with Crippen LogP contribution in [0.2, 0.25) is 0 Å². The molecule has 0 aliphatic carbocycles. The molecule has 0 aromatic heterocycles. The number of non-ortho nitro benzene ring substituents is 1. The smallest absolute Gasteiger partial charge is 0.269 e. The van der Waals surface area contributed by atoms with Gasteiger partial charge in [-0.25, -0.2) is 8.42 Å². The molecular weight excluding hydrogens is 390 g/mol. The molecule has 0 aliphatic rings.